The molecule has 1 aromatic heterocycles. The largest absolute Gasteiger partial charge is 0.493 e. The first-order valence-corrected chi connectivity index (χ1v) is 8.77. The molecule has 0 spiro atoms. The highest BCUT2D eigenvalue weighted by Gasteiger charge is 2.17. The topological polar surface area (TPSA) is 52.5 Å². The number of nitrogens with one attached hydrogen (secondary N) is 1. The Kier molecular flexibility index (Phi) is 6.89. The number of amides is 1. The van der Waals surface area contributed by atoms with Crippen LogP contribution in [0.2, 0.25) is 0 Å². The molecule has 1 atom stereocenters. The van der Waals surface area contributed by atoms with Crippen LogP contribution in [-0.2, 0) is 19.9 Å². The van der Waals surface area contributed by atoms with Crippen LogP contribution in [0.15, 0.2) is 43.1 Å². The Hall–Kier alpha value is -2.69. The number of ether oxygens (including phenoxy) is 2. The van der Waals surface area contributed by atoms with Crippen molar-refractivity contribution in [3.05, 3.63) is 59.9 Å². The van der Waals surface area contributed by atoms with Crippen LogP contribution in [0.1, 0.15) is 35.0 Å². The monoisotopic (exact) mass is 356 g/mol. The first-order valence-electron chi connectivity index (χ1n) is 8.77. The van der Waals surface area contributed by atoms with Crippen LogP contribution in [0.3, 0.4) is 0 Å². The maximum absolute atomic E-state index is 12.7. The van der Waals surface area contributed by atoms with Crippen molar-refractivity contribution in [1.82, 2.24) is 9.88 Å². The minimum absolute atomic E-state index is 0.0633. The standard InChI is InChI=1S/C21H28N2O3/c1-6-8-16-13-17(14-19(25-4)20(16)26-5)21(24)22-15(2)10-11-18-9-7-12-23(18)3/h6-7,9,12-15H,1,8,10-11H2,2-5H3,(H,22,24). The lowest BCUT2D eigenvalue weighted by atomic mass is 10.0. The molecule has 5 heteroatoms. The number of allylic oxidation sites excluding steroid dienone is 1. The highest BCUT2D eigenvalue weighted by molar-refractivity contribution is 5.95. The quantitative estimate of drug-likeness (QED) is 0.700. The number of nitrogens with zero attached hydrogens (tertiary/aromatic N) is 1. The van der Waals surface area contributed by atoms with E-state index in [0.717, 1.165) is 18.4 Å². The molecule has 0 bridgehead atoms. The van der Waals surface area contributed by atoms with Gasteiger partial charge in [-0.3, -0.25) is 4.79 Å². The lowest BCUT2D eigenvalue weighted by Gasteiger charge is -2.17. The van der Waals surface area contributed by atoms with Gasteiger partial charge < -0.3 is 19.4 Å². The van der Waals surface area contributed by atoms with Gasteiger partial charge >= 0.3 is 0 Å². The number of rotatable bonds is 9. The predicted molar refractivity (Wildman–Crippen MR) is 104 cm³/mol. The zero-order valence-corrected chi connectivity index (χ0v) is 16.0. The van der Waals surface area contributed by atoms with Gasteiger partial charge in [0.05, 0.1) is 14.2 Å². The predicted octanol–water partition coefficient (Wildman–Crippen LogP) is 3.52. The molecule has 2 aromatic rings. The van der Waals surface area contributed by atoms with E-state index in [4.69, 9.17) is 9.47 Å². The van der Waals surface area contributed by atoms with Crippen molar-refractivity contribution in [2.24, 2.45) is 7.05 Å². The zero-order valence-electron chi connectivity index (χ0n) is 16.0. The van der Waals surface area contributed by atoms with E-state index in [-0.39, 0.29) is 11.9 Å². The molecule has 1 N–H and O–H groups in total. The molecule has 140 valence electrons. The fourth-order valence-corrected chi connectivity index (χ4v) is 2.98. The van der Waals surface area contributed by atoms with Gasteiger partial charge in [-0.05, 0) is 50.5 Å². The number of carbonyl (C=O) groups excluding carboxylic acids is 1. The lowest BCUT2D eigenvalue weighted by molar-refractivity contribution is 0.0938. The second kappa shape index (κ2) is 9.13. The van der Waals surface area contributed by atoms with Gasteiger partial charge in [-0.2, -0.15) is 0 Å². The molecule has 0 aliphatic heterocycles. The second-order valence-electron chi connectivity index (χ2n) is 6.39. The molecule has 1 amide bonds. The zero-order chi connectivity index (χ0) is 19.1. The first-order chi connectivity index (χ1) is 12.5. The van der Waals surface area contributed by atoms with E-state index >= 15 is 0 Å². The number of aromatic nitrogens is 1. The van der Waals surface area contributed by atoms with Crippen molar-refractivity contribution in [3.63, 3.8) is 0 Å². The summed E-state index contributed by atoms with van der Waals surface area (Å²) in [6, 6.07) is 7.74. The maximum atomic E-state index is 12.7. The van der Waals surface area contributed by atoms with Crippen LogP contribution in [0.4, 0.5) is 0 Å². The number of aryl methyl sites for hydroxylation is 2. The van der Waals surface area contributed by atoms with E-state index in [1.54, 1.807) is 26.4 Å². The summed E-state index contributed by atoms with van der Waals surface area (Å²) in [5.74, 6) is 1.07. The Labute approximate surface area is 155 Å². The van der Waals surface area contributed by atoms with E-state index in [9.17, 15) is 4.79 Å². The van der Waals surface area contributed by atoms with Crippen molar-refractivity contribution in [2.45, 2.75) is 32.2 Å². The van der Waals surface area contributed by atoms with E-state index in [0.29, 0.717) is 23.5 Å². The molecular formula is C21H28N2O3. The van der Waals surface area contributed by atoms with Gasteiger partial charge in [0.1, 0.15) is 0 Å². The molecule has 1 aromatic carbocycles. The van der Waals surface area contributed by atoms with Crippen LogP contribution in [0, 0.1) is 0 Å². The molecule has 5 nitrogen and oxygen atoms in total. The summed E-state index contributed by atoms with van der Waals surface area (Å²) in [7, 11) is 5.19. The number of benzene rings is 1. The van der Waals surface area contributed by atoms with Gasteiger partial charge in [-0.15, -0.1) is 6.58 Å². The van der Waals surface area contributed by atoms with E-state index in [2.05, 4.69) is 22.5 Å². The third-order valence-corrected chi connectivity index (χ3v) is 4.44. The van der Waals surface area contributed by atoms with Gasteiger partial charge in [-0.25, -0.2) is 0 Å². The Morgan fingerprint density at radius 3 is 2.69 bits per heavy atom. The Balaban J connectivity index is 2.09. The minimum atomic E-state index is -0.115. The molecule has 0 saturated carbocycles. The van der Waals surface area contributed by atoms with Gasteiger partial charge in [0, 0.05) is 36.1 Å². The smallest absolute Gasteiger partial charge is 0.251 e. The molecule has 0 fully saturated rings. The molecule has 0 saturated heterocycles. The molecule has 26 heavy (non-hydrogen) atoms. The summed E-state index contributed by atoms with van der Waals surface area (Å²) in [6.07, 6.45) is 6.20. The number of hydrogen-bond acceptors (Lipinski definition) is 3. The van der Waals surface area contributed by atoms with E-state index in [1.807, 2.05) is 32.3 Å². The SMILES string of the molecule is C=CCc1cc(C(=O)NC(C)CCc2cccn2C)cc(OC)c1OC. The third kappa shape index (κ3) is 4.69. The van der Waals surface area contributed by atoms with Crippen LogP contribution >= 0.6 is 0 Å². The maximum Gasteiger partial charge on any atom is 0.251 e. The molecule has 2 rings (SSSR count). The molecule has 1 unspecified atom stereocenters. The second-order valence-corrected chi connectivity index (χ2v) is 6.39. The Bertz CT molecular complexity index is 765. The van der Waals surface area contributed by atoms with Crippen LogP contribution in [0.25, 0.3) is 0 Å². The first kappa shape index (κ1) is 19.6. The fraction of sp³-hybridized carbons (Fsp3) is 0.381. The van der Waals surface area contributed by atoms with E-state index < -0.39 is 0 Å². The van der Waals surface area contributed by atoms with Crippen LogP contribution < -0.4 is 14.8 Å². The summed E-state index contributed by atoms with van der Waals surface area (Å²) in [5, 5.41) is 3.07. The Morgan fingerprint density at radius 2 is 2.12 bits per heavy atom. The number of carbonyl (C=O) groups is 1. The summed E-state index contributed by atoms with van der Waals surface area (Å²) in [4.78, 5) is 12.7. The third-order valence-electron chi connectivity index (χ3n) is 4.44. The van der Waals surface area contributed by atoms with Gasteiger partial charge in [0.15, 0.2) is 11.5 Å². The summed E-state index contributed by atoms with van der Waals surface area (Å²) < 4.78 is 12.9. The van der Waals surface area contributed by atoms with Crippen LogP contribution in [-0.4, -0.2) is 30.7 Å². The lowest BCUT2D eigenvalue weighted by Crippen LogP contribution is -2.33. The van der Waals surface area contributed by atoms with Crippen molar-refractivity contribution >= 4 is 5.91 Å². The summed E-state index contributed by atoms with van der Waals surface area (Å²) in [6.45, 7) is 5.79. The van der Waals surface area contributed by atoms with Gasteiger partial charge in [-0.1, -0.05) is 6.08 Å². The summed E-state index contributed by atoms with van der Waals surface area (Å²) >= 11 is 0. The average molecular weight is 356 g/mol. The molecule has 0 aliphatic rings. The van der Waals surface area contributed by atoms with Gasteiger partial charge in [0.2, 0.25) is 0 Å². The minimum Gasteiger partial charge on any atom is -0.493 e. The highest BCUT2D eigenvalue weighted by atomic mass is 16.5. The highest BCUT2D eigenvalue weighted by Crippen LogP contribution is 2.33. The van der Waals surface area contributed by atoms with Crippen molar-refractivity contribution < 1.29 is 14.3 Å². The van der Waals surface area contributed by atoms with Crippen molar-refractivity contribution in [2.75, 3.05) is 14.2 Å². The van der Waals surface area contributed by atoms with Gasteiger partial charge in [0.25, 0.3) is 5.91 Å². The molecule has 1 heterocycles. The molecule has 0 radical (unpaired) electrons. The summed E-state index contributed by atoms with van der Waals surface area (Å²) in [5.41, 5.74) is 2.69. The van der Waals surface area contributed by atoms with Crippen LogP contribution in [0.5, 0.6) is 11.5 Å². The molecule has 0 aliphatic carbocycles. The van der Waals surface area contributed by atoms with Crippen molar-refractivity contribution in [1.29, 1.82) is 0 Å². The normalized spacial score (nSPS) is 11.7. The molecular weight excluding hydrogens is 328 g/mol. The fourth-order valence-electron chi connectivity index (χ4n) is 2.98. The number of methoxy groups -OCH3 is 2. The average Bonchev–Trinajstić information content (AvgIpc) is 3.04. The van der Waals surface area contributed by atoms with Crippen molar-refractivity contribution in [3.8, 4) is 11.5 Å². The Morgan fingerprint density at radius 1 is 1.35 bits per heavy atom. The number of hydrogen-bond donors (Lipinski definition) is 1. The van der Waals surface area contributed by atoms with E-state index in [1.165, 1.54) is 5.69 Å².